The van der Waals surface area contributed by atoms with Gasteiger partial charge in [-0.15, -0.1) is 10.2 Å². The van der Waals surface area contributed by atoms with E-state index in [1.807, 2.05) is 36.1 Å². The van der Waals surface area contributed by atoms with Gasteiger partial charge in [-0.3, -0.25) is 4.79 Å². The van der Waals surface area contributed by atoms with Gasteiger partial charge in [-0.1, -0.05) is 19.1 Å². The summed E-state index contributed by atoms with van der Waals surface area (Å²) in [6.45, 7) is 5.29. The van der Waals surface area contributed by atoms with E-state index in [9.17, 15) is 4.79 Å². The predicted octanol–water partition coefficient (Wildman–Crippen LogP) is 1.67. The van der Waals surface area contributed by atoms with E-state index < -0.39 is 6.10 Å². The highest BCUT2D eigenvalue weighted by molar-refractivity contribution is 5.83. The first-order chi connectivity index (χ1) is 11.2. The zero-order valence-corrected chi connectivity index (χ0v) is 13.3. The second kappa shape index (κ2) is 6.68. The molecule has 7 heteroatoms. The van der Waals surface area contributed by atoms with Gasteiger partial charge in [-0.05, 0) is 18.6 Å². The first kappa shape index (κ1) is 15.3. The number of hydrogen-bond acceptors (Lipinski definition) is 6. The van der Waals surface area contributed by atoms with Gasteiger partial charge in [0.1, 0.15) is 5.75 Å². The van der Waals surface area contributed by atoms with Gasteiger partial charge < -0.3 is 19.4 Å². The highest BCUT2D eigenvalue weighted by Crippen LogP contribution is 2.33. The number of hydrogen-bond donors (Lipinski definition) is 1. The number of rotatable bonds is 5. The zero-order chi connectivity index (χ0) is 16.2. The molecular weight excluding hydrogens is 296 g/mol. The van der Waals surface area contributed by atoms with Crippen LogP contribution in [0, 0.1) is 6.92 Å². The van der Waals surface area contributed by atoms with Crippen LogP contribution in [0.1, 0.15) is 25.1 Å². The third kappa shape index (κ3) is 3.44. The number of nitrogens with one attached hydrogen (secondary N) is 1. The minimum Gasteiger partial charge on any atom is -0.477 e. The summed E-state index contributed by atoms with van der Waals surface area (Å²) in [6.07, 6.45) is 0.334. The largest absolute Gasteiger partial charge is 0.477 e. The molecule has 23 heavy (non-hydrogen) atoms. The molecule has 2 heterocycles. The van der Waals surface area contributed by atoms with Gasteiger partial charge in [-0.25, -0.2) is 0 Å². The summed E-state index contributed by atoms with van der Waals surface area (Å²) in [5, 5.41) is 10.8. The van der Waals surface area contributed by atoms with E-state index in [-0.39, 0.29) is 5.91 Å². The molecule has 0 saturated heterocycles. The van der Waals surface area contributed by atoms with Crippen molar-refractivity contribution in [1.29, 1.82) is 0 Å². The van der Waals surface area contributed by atoms with Crippen LogP contribution in [0.3, 0.4) is 0 Å². The molecule has 0 fully saturated rings. The Balaban J connectivity index is 1.80. The lowest BCUT2D eigenvalue weighted by Gasteiger charge is -2.34. The van der Waals surface area contributed by atoms with Crippen LogP contribution in [-0.4, -0.2) is 35.3 Å². The maximum Gasteiger partial charge on any atom is 0.262 e. The second-order valence-corrected chi connectivity index (χ2v) is 5.46. The number of amides is 1. The molecule has 1 aliphatic rings. The standard InChI is InChI=1S/C16H20N4O3/c1-3-8-17-16(21)14-9-20(10-15-19-18-11(2)22-15)12-6-4-5-7-13(12)23-14/h4-7,14H,3,8-10H2,1-2H3,(H,17,21)/t14-/m0/s1. The number of aromatic nitrogens is 2. The van der Waals surface area contributed by atoms with Gasteiger partial charge in [0.2, 0.25) is 11.8 Å². The molecule has 1 amide bonds. The third-order valence-electron chi connectivity index (χ3n) is 3.60. The molecule has 1 aliphatic heterocycles. The Morgan fingerprint density at radius 3 is 2.96 bits per heavy atom. The number of carbonyl (C=O) groups is 1. The zero-order valence-electron chi connectivity index (χ0n) is 13.3. The number of benzene rings is 1. The molecule has 0 saturated carbocycles. The molecule has 0 bridgehead atoms. The van der Waals surface area contributed by atoms with Crippen LogP contribution in [0.2, 0.25) is 0 Å². The molecule has 3 rings (SSSR count). The number of aryl methyl sites for hydroxylation is 1. The first-order valence-electron chi connectivity index (χ1n) is 7.74. The number of nitrogens with zero attached hydrogens (tertiary/aromatic N) is 3. The molecule has 0 aliphatic carbocycles. The van der Waals surface area contributed by atoms with E-state index in [4.69, 9.17) is 9.15 Å². The Morgan fingerprint density at radius 2 is 2.22 bits per heavy atom. The molecular formula is C16H20N4O3. The SMILES string of the molecule is CCCNC(=O)[C@@H]1CN(Cc2nnc(C)o2)c2ccccc2O1. The fourth-order valence-corrected chi connectivity index (χ4v) is 2.52. The van der Waals surface area contributed by atoms with E-state index >= 15 is 0 Å². The quantitative estimate of drug-likeness (QED) is 0.904. The van der Waals surface area contributed by atoms with Gasteiger partial charge >= 0.3 is 0 Å². The Hall–Kier alpha value is -2.57. The summed E-state index contributed by atoms with van der Waals surface area (Å²) in [4.78, 5) is 14.3. The predicted molar refractivity (Wildman–Crippen MR) is 84.2 cm³/mol. The second-order valence-electron chi connectivity index (χ2n) is 5.46. The summed E-state index contributed by atoms with van der Waals surface area (Å²) in [7, 11) is 0. The van der Waals surface area contributed by atoms with Gasteiger partial charge in [0.15, 0.2) is 6.10 Å². The lowest BCUT2D eigenvalue weighted by Crippen LogP contribution is -2.48. The van der Waals surface area contributed by atoms with Crippen LogP contribution >= 0.6 is 0 Å². The molecule has 1 aromatic carbocycles. The van der Waals surface area contributed by atoms with Crippen molar-refractivity contribution < 1.29 is 13.9 Å². The van der Waals surface area contributed by atoms with Crippen LogP contribution in [0.4, 0.5) is 5.69 Å². The maximum absolute atomic E-state index is 12.3. The summed E-state index contributed by atoms with van der Waals surface area (Å²) >= 11 is 0. The van der Waals surface area contributed by atoms with Gasteiger partial charge in [0, 0.05) is 13.5 Å². The van der Waals surface area contributed by atoms with Crippen LogP contribution in [0.15, 0.2) is 28.7 Å². The van der Waals surface area contributed by atoms with Crippen LogP contribution < -0.4 is 15.0 Å². The smallest absolute Gasteiger partial charge is 0.262 e. The summed E-state index contributed by atoms with van der Waals surface area (Å²) in [6, 6.07) is 7.64. The molecule has 0 spiro atoms. The normalized spacial score (nSPS) is 16.6. The summed E-state index contributed by atoms with van der Waals surface area (Å²) in [5.41, 5.74) is 0.919. The number of ether oxygens (including phenoxy) is 1. The van der Waals surface area contributed by atoms with Gasteiger partial charge in [0.05, 0.1) is 18.8 Å². The van der Waals surface area contributed by atoms with E-state index in [2.05, 4.69) is 15.5 Å². The van der Waals surface area contributed by atoms with Crippen molar-refractivity contribution in [2.24, 2.45) is 0 Å². The Bertz CT molecular complexity index is 685. The van der Waals surface area contributed by atoms with Gasteiger partial charge in [0.25, 0.3) is 5.91 Å². The fraction of sp³-hybridized carbons (Fsp3) is 0.438. The Labute approximate surface area is 134 Å². The molecule has 2 aromatic rings. The Kier molecular flexibility index (Phi) is 4.45. The van der Waals surface area contributed by atoms with Crippen molar-refractivity contribution in [3.05, 3.63) is 36.0 Å². The van der Waals surface area contributed by atoms with Crippen molar-refractivity contribution in [3.63, 3.8) is 0 Å². The van der Waals surface area contributed by atoms with Crippen LogP contribution in [0.5, 0.6) is 5.75 Å². The summed E-state index contributed by atoms with van der Waals surface area (Å²) in [5.74, 6) is 1.63. The first-order valence-corrected chi connectivity index (χ1v) is 7.74. The summed E-state index contributed by atoms with van der Waals surface area (Å²) < 4.78 is 11.3. The number of anilines is 1. The van der Waals surface area contributed by atoms with Crippen LogP contribution in [-0.2, 0) is 11.3 Å². The van der Waals surface area contributed by atoms with Crippen molar-refractivity contribution in [1.82, 2.24) is 15.5 Å². The van der Waals surface area contributed by atoms with E-state index in [0.717, 1.165) is 12.1 Å². The maximum atomic E-state index is 12.3. The van der Waals surface area contributed by atoms with Gasteiger partial charge in [-0.2, -0.15) is 0 Å². The lowest BCUT2D eigenvalue weighted by atomic mass is 10.1. The van der Waals surface area contributed by atoms with Crippen molar-refractivity contribution in [2.45, 2.75) is 32.9 Å². The van der Waals surface area contributed by atoms with E-state index in [1.54, 1.807) is 6.92 Å². The monoisotopic (exact) mass is 316 g/mol. The van der Waals surface area contributed by atoms with E-state index in [0.29, 0.717) is 37.2 Å². The Morgan fingerprint density at radius 1 is 1.39 bits per heavy atom. The lowest BCUT2D eigenvalue weighted by molar-refractivity contribution is -0.127. The highest BCUT2D eigenvalue weighted by atomic mass is 16.5. The molecule has 0 radical (unpaired) electrons. The average molecular weight is 316 g/mol. The third-order valence-corrected chi connectivity index (χ3v) is 3.60. The minimum absolute atomic E-state index is 0.104. The van der Waals surface area contributed by atoms with Crippen LogP contribution in [0.25, 0.3) is 0 Å². The topological polar surface area (TPSA) is 80.5 Å². The number of fused-ring (bicyclic) bond motifs is 1. The number of carbonyl (C=O) groups excluding carboxylic acids is 1. The minimum atomic E-state index is -0.555. The highest BCUT2D eigenvalue weighted by Gasteiger charge is 2.31. The fourth-order valence-electron chi connectivity index (χ4n) is 2.52. The molecule has 0 unspecified atom stereocenters. The molecule has 122 valence electrons. The van der Waals surface area contributed by atoms with Crippen molar-refractivity contribution in [3.8, 4) is 5.75 Å². The van der Waals surface area contributed by atoms with Crippen molar-refractivity contribution in [2.75, 3.05) is 18.0 Å². The number of para-hydroxylation sites is 2. The molecule has 7 nitrogen and oxygen atoms in total. The molecule has 1 aromatic heterocycles. The molecule has 1 atom stereocenters. The van der Waals surface area contributed by atoms with E-state index in [1.165, 1.54) is 0 Å². The average Bonchev–Trinajstić information content (AvgIpc) is 2.97. The molecule has 1 N–H and O–H groups in total. The van der Waals surface area contributed by atoms with Crippen molar-refractivity contribution >= 4 is 11.6 Å².